The van der Waals surface area contributed by atoms with Crippen molar-refractivity contribution in [1.29, 1.82) is 0 Å². The maximum absolute atomic E-state index is 12.7. The highest BCUT2D eigenvalue weighted by Gasteiger charge is 2.49. The molecule has 2 saturated heterocycles. The van der Waals surface area contributed by atoms with Gasteiger partial charge in [0.2, 0.25) is 5.91 Å². The lowest BCUT2D eigenvalue weighted by molar-refractivity contribution is -0.142. The van der Waals surface area contributed by atoms with E-state index < -0.39 is 30.1 Å². The zero-order valence-electron chi connectivity index (χ0n) is 24.0. The van der Waals surface area contributed by atoms with Gasteiger partial charge in [-0.15, -0.1) is 0 Å². The van der Waals surface area contributed by atoms with Crippen molar-refractivity contribution in [2.75, 3.05) is 32.8 Å². The van der Waals surface area contributed by atoms with E-state index in [1.807, 2.05) is 39.0 Å². The van der Waals surface area contributed by atoms with Gasteiger partial charge in [-0.3, -0.25) is 10.1 Å². The van der Waals surface area contributed by atoms with Crippen LogP contribution >= 0.6 is 11.6 Å². The number of ether oxygens (including phenoxy) is 4. The molecular formula is C29H41ClN2O8. The molecule has 40 heavy (non-hydrogen) atoms. The van der Waals surface area contributed by atoms with E-state index in [0.717, 1.165) is 11.1 Å². The molecule has 2 aliphatic heterocycles. The van der Waals surface area contributed by atoms with E-state index in [4.69, 9.17) is 30.5 Å². The predicted octanol–water partition coefficient (Wildman–Crippen LogP) is 3.75. The van der Waals surface area contributed by atoms with Gasteiger partial charge in [0.15, 0.2) is 5.72 Å². The molecule has 6 atom stereocenters. The van der Waals surface area contributed by atoms with Crippen molar-refractivity contribution >= 4 is 29.3 Å². The number of carbonyl (C=O) groups excluding carboxylic acids is 2. The third-order valence-corrected chi connectivity index (χ3v) is 7.79. The molecule has 0 radical (unpaired) electrons. The van der Waals surface area contributed by atoms with Crippen LogP contribution in [0.3, 0.4) is 0 Å². The minimum absolute atomic E-state index is 0.00674. The Hall–Kier alpha value is -2.63. The summed E-state index contributed by atoms with van der Waals surface area (Å²) in [6, 6.07) is 3.64. The summed E-state index contributed by atoms with van der Waals surface area (Å²) in [4.78, 5) is 26.3. The second-order valence-corrected chi connectivity index (χ2v) is 10.9. The molecular weight excluding hydrogens is 540 g/mol. The van der Waals surface area contributed by atoms with Crippen LogP contribution in [0.2, 0.25) is 5.02 Å². The van der Waals surface area contributed by atoms with Crippen molar-refractivity contribution < 1.29 is 38.7 Å². The lowest BCUT2D eigenvalue weighted by Gasteiger charge is -2.41. The largest absolute Gasteiger partial charge is 0.495 e. The van der Waals surface area contributed by atoms with Crippen LogP contribution in [0.4, 0.5) is 10.5 Å². The van der Waals surface area contributed by atoms with Crippen molar-refractivity contribution in [3.05, 3.63) is 46.5 Å². The second-order valence-electron chi connectivity index (χ2n) is 10.5. The number of anilines is 1. The third-order valence-electron chi connectivity index (χ3n) is 7.41. The Morgan fingerprint density at radius 2 is 2.05 bits per heavy atom. The van der Waals surface area contributed by atoms with Crippen LogP contribution in [0, 0.1) is 5.92 Å². The van der Waals surface area contributed by atoms with Gasteiger partial charge in [0.05, 0.1) is 38.0 Å². The topological polar surface area (TPSA) is 130 Å². The highest BCUT2D eigenvalue weighted by molar-refractivity contribution is 6.35. The molecule has 2 amide bonds. The van der Waals surface area contributed by atoms with E-state index in [1.165, 1.54) is 19.1 Å². The first kappa shape index (κ1) is 31.9. The molecule has 1 aromatic carbocycles. The predicted molar refractivity (Wildman–Crippen MR) is 152 cm³/mol. The Labute approximate surface area is 240 Å². The number of methoxy groups -OCH3 is 2. The highest BCUT2D eigenvalue weighted by Crippen LogP contribution is 2.37. The number of allylic oxidation sites excluding steroid dienone is 3. The van der Waals surface area contributed by atoms with Crippen LogP contribution in [0.1, 0.15) is 45.6 Å². The van der Waals surface area contributed by atoms with Gasteiger partial charge in [-0.05, 0) is 37.5 Å². The molecule has 6 unspecified atom stereocenters. The minimum Gasteiger partial charge on any atom is -0.495 e. The summed E-state index contributed by atoms with van der Waals surface area (Å²) in [5, 5.41) is 24.0. The fourth-order valence-electron chi connectivity index (χ4n) is 4.71. The molecule has 2 fully saturated rings. The molecule has 0 aromatic heterocycles. The van der Waals surface area contributed by atoms with Crippen LogP contribution in [0.25, 0.3) is 0 Å². The molecule has 0 aliphatic carbocycles. The molecule has 11 heteroatoms. The van der Waals surface area contributed by atoms with Crippen molar-refractivity contribution in [3.8, 4) is 5.75 Å². The molecule has 0 bridgehead atoms. The molecule has 222 valence electrons. The lowest BCUT2D eigenvalue weighted by Crippen LogP contribution is -2.63. The Bertz CT molecular complexity index is 1120. The number of rotatable bonds is 13. The zero-order valence-corrected chi connectivity index (χ0v) is 24.7. The molecule has 2 aliphatic rings. The fraction of sp³-hybridized carbons (Fsp3) is 0.586. The van der Waals surface area contributed by atoms with Gasteiger partial charge >= 0.3 is 6.09 Å². The normalized spacial score (nSPS) is 25.1. The number of cyclic esters (lactones) is 1. The fourth-order valence-corrected chi connectivity index (χ4v) is 5.02. The molecule has 0 saturated carbocycles. The highest BCUT2D eigenvalue weighted by atomic mass is 35.5. The first-order valence-electron chi connectivity index (χ1n) is 13.4. The number of hydrogen-bond acceptors (Lipinski definition) is 8. The number of halogens is 1. The smallest absolute Gasteiger partial charge is 0.409 e. The van der Waals surface area contributed by atoms with Crippen molar-refractivity contribution in [1.82, 2.24) is 5.32 Å². The summed E-state index contributed by atoms with van der Waals surface area (Å²) in [5.74, 6) is 0.134. The van der Waals surface area contributed by atoms with Gasteiger partial charge < -0.3 is 34.1 Å². The Balaban J connectivity index is 1.74. The number of carbonyl (C=O) groups is 2. The molecule has 0 spiro atoms. The van der Waals surface area contributed by atoms with Crippen LogP contribution in [0.5, 0.6) is 5.75 Å². The van der Waals surface area contributed by atoms with Gasteiger partial charge in [0, 0.05) is 26.5 Å². The molecule has 2 heterocycles. The number of aliphatic hydroxyl groups excluding tert-OH is 1. The van der Waals surface area contributed by atoms with Crippen LogP contribution in [-0.4, -0.2) is 80.2 Å². The number of benzene rings is 1. The molecule has 3 N–H and O–H groups in total. The van der Waals surface area contributed by atoms with Crippen molar-refractivity contribution in [3.63, 3.8) is 0 Å². The van der Waals surface area contributed by atoms with E-state index in [0.29, 0.717) is 35.9 Å². The van der Waals surface area contributed by atoms with E-state index in [2.05, 4.69) is 5.32 Å². The summed E-state index contributed by atoms with van der Waals surface area (Å²) in [6.45, 7) is 6.31. The standard InChI is InChI=1S/C29H41ClN2O8/c1-7-20(33)14-26(34)32(4)21-12-19(13-22(37-5)27(21)30)11-17(2)9-8-10-25(38-6)29(36)15-23(40-28(35)31-29)18(3)24-16-39-24/h8-10,12-13,18,20,23-25,33,36H,7,11,14-16H2,1-6H3,(H,31,35)/b10-8+,17-9+. The van der Waals surface area contributed by atoms with E-state index in [-0.39, 0.29) is 30.8 Å². The Morgan fingerprint density at radius 1 is 1.35 bits per heavy atom. The maximum atomic E-state index is 12.7. The number of alkyl carbamates (subject to hydrolysis) is 1. The monoisotopic (exact) mass is 580 g/mol. The van der Waals surface area contributed by atoms with E-state index in [9.17, 15) is 19.8 Å². The van der Waals surface area contributed by atoms with Gasteiger partial charge in [0.25, 0.3) is 0 Å². The number of amides is 2. The summed E-state index contributed by atoms with van der Waals surface area (Å²) < 4.78 is 21.7. The summed E-state index contributed by atoms with van der Waals surface area (Å²) in [7, 11) is 4.59. The van der Waals surface area contributed by atoms with Crippen LogP contribution in [0.15, 0.2) is 35.9 Å². The third kappa shape index (κ3) is 7.98. The Morgan fingerprint density at radius 3 is 2.65 bits per heavy atom. The summed E-state index contributed by atoms with van der Waals surface area (Å²) >= 11 is 6.52. The number of nitrogens with one attached hydrogen (secondary N) is 1. The number of hydrogen-bond donors (Lipinski definition) is 3. The maximum Gasteiger partial charge on any atom is 0.409 e. The van der Waals surface area contributed by atoms with Gasteiger partial charge in [-0.2, -0.15) is 0 Å². The summed E-state index contributed by atoms with van der Waals surface area (Å²) in [5.41, 5.74) is 0.686. The zero-order chi connectivity index (χ0) is 29.6. The summed E-state index contributed by atoms with van der Waals surface area (Å²) in [6.07, 6.45) is 3.76. The lowest BCUT2D eigenvalue weighted by atomic mass is 9.89. The van der Waals surface area contributed by atoms with Gasteiger partial charge in [0.1, 0.15) is 23.0 Å². The Kier molecular flexibility index (Phi) is 11.0. The quantitative estimate of drug-likeness (QED) is 0.238. The second kappa shape index (κ2) is 13.8. The average Bonchev–Trinajstić information content (AvgIpc) is 3.76. The van der Waals surface area contributed by atoms with Crippen molar-refractivity contribution in [2.24, 2.45) is 5.92 Å². The van der Waals surface area contributed by atoms with E-state index in [1.54, 1.807) is 19.2 Å². The molecule has 10 nitrogen and oxygen atoms in total. The van der Waals surface area contributed by atoms with E-state index >= 15 is 0 Å². The molecule has 1 aromatic rings. The average molecular weight is 581 g/mol. The minimum atomic E-state index is -1.64. The van der Waals surface area contributed by atoms with Crippen LogP contribution in [-0.2, 0) is 25.4 Å². The first-order valence-corrected chi connectivity index (χ1v) is 13.8. The number of epoxide rings is 1. The van der Waals surface area contributed by atoms with Gasteiger partial charge in [-0.25, -0.2) is 4.79 Å². The molecule has 3 rings (SSSR count). The van der Waals surface area contributed by atoms with Crippen molar-refractivity contribution in [2.45, 2.75) is 76.6 Å². The number of nitrogens with zero attached hydrogens (tertiary/aromatic N) is 1. The first-order chi connectivity index (χ1) is 18.9. The van der Waals surface area contributed by atoms with Crippen LogP contribution < -0.4 is 15.0 Å². The SMILES string of the molecule is CCC(O)CC(=O)N(C)c1cc(C/C(C)=C/C=C/C(OC)C2(O)CC(C(C)C3CO3)OC(=O)N2)cc(OC)c1Cl. The van der Waals surface area contributed by atoms with Gasteiger partial charge in [-0.1, -0.05) is 49.2 Å². The number of aliphatic hydroxyl groups is 2.